The first-order chi connectivity index (χ1) is 49.6. The van der Waals surface area contributed by atoms with Gasteiger partial charge in [0.1, 0.15) is 48.8 Å². The molecule has 14 heteroatoms. The van der Waals surface area contributed by atoms with Gasteiger partial charge in [0.15, 0.2) is 12.6 Å². The minimum Gasteiger partial charge on any atom is -0.394 e. The molecule has 2 aliphatic heterocycles. The van der Waals surface area contributed by atoms with Crippen molar-refractivity contribution in [3.63, 3.8) is 0 Å². The molecule has 0 bridgehead atoms. The van der Waals surface area contributed by atoms with Gasteiger partial charge in [-0.1, -0.05) is 411 Å². The van der Waals surface area contributed by atoms with Crippen LogP contribution < -0.4 is 5.32 Å². The van der Waals surface area contributed by atoms with Crippen molar-refractivity contribution in [2.75, 3.05) is 19.8 Å². The lowest BCUT2D eigenvalue weighted by molar-refractivity contribution is -0.359. The van der Waals surface area contributed by atoms with E-state index in [1.54, 1.807) is 0 Å². The molecule has 2 aliphatic rings. The Balaban J connectivity index is 1.54. The Labute approximate surface area is 622 Å². The van der Waals surface area contributed by atoms with Gasteiger partial charge in [0.2, 0.25) is 5.91 Å². The number of aliphatic hydroxyl groups is 8. The highest BCUT2D eigenvalue weighted by molar-refractivity contribution is 5.76. The summed E-state index contributed by atoms with van der Waals surface area (Å²) in [5, 5.41) is 88.0. The first-order valence-corrected chi connectivity index (χ1v) is 44.4. The molecule has 101 heavy (non-hydrogen) atoms. The molecule has 0 saturated carbocycles. The molecule has 600 valence electrons. The van der Waals surface area contributed by atoms with E-state index in [2.05, 4.69) is 31.3 Å². The zero-order valence-corrected chi connectivity index (χ0v) is 66.2. The van der Waals surface area contributed by atoms with Crippen LogP contribution in [0.3, 0.4) is 0 Å². The molecule has 9 N–H and O–H groups in total. The molecule has 2 rings (SSSR count). The lowest BCUT2D eigenvalue weighted by atomic mass is 9.97. The molecular weight excluding hydrogens is 1270 g/mol. The van der Waals surface area contributed by atoms with Crippen molar-refractivity contribution in [1.82, 2.24) is 5.32 Å². The topological polar surface area (TPSA) is 228 Å². The van der Waals surface area contributed by atoms with Crippen molar-refractivity contribution >= 4 is 5.91 Å². The molecule has 0 aromatic carbocycles. The summed E-state index contributed by atoms with van der Waals surface area (Å²) < 4.78 is 23.0. The largest absolute Gasteiger partial charge is 0.394 e. The van der Waals surface area contributed by atoms with Gasteiger partial charge < -0.3 is 65.1 Å². The quantitative estimate of drug-likeness (QED) is 0.0204. The third-order valence-electron chi connectivity index (χ3n) is 22.2. The number of aliphatic hydroxyl groups excluding tert-OH is 8. The van der Waals surface area contributed by atoms with Gasteiger partial charge in [-0.25, -0.2) is 0 Å². The fraction of sp³-hybridized carbons (Fsp3) is 0.966. The fourth-order valence-electron chi connectivity index (χ4n) is 15.2. The number of rotatable bonds is 77. The van der Waals surface area contributed by atoms with E-state index in [4.69, 9.17) is 18.9 Å². The van der Waals surface area contributed by atoms with E-state index in [1.165, 1.54) is 366 Å². The Bertz CT molecular complexity index is 1740. The Hall–Kier alpha value is -1.27. The molecule has 12 atom stereocenters. The minimum absolute atomic E-state index is 0.195. The van der Waals surface area contributed by atoms with Crippen LogP contribution in [-0.2, 0) is 23.7 Å². The Kier molecular flexibility index (Phi) is 68.0. The van der Waals surface area contributed by atoms with E-state index < -0.39 is 86.8 Å². The standard InChI is InChI=1S/C87H169NO13/c1-3-5-7-9-11-13-15-17-19-21-23-25-27-29-31-33-34-35-36-37-38-39-40-41-42-43-45-47-49-51-53-55-57-59-61-63-65-67-69-71-79(92)88-75(74-98-86-84(97)82(95)85(78(73-90)100-86)101-87-83(96)81(94)80(93)77(72-89)99-87)76(91)70-68-66-64-62-60-58-56-54-52-50-48-46-44-32-30-28-26-24-22-20-18-16-14-12-10-8-6-4-2/h21,23,75-78,80-87,89-91,93-97H,3-20,22,24-74H2,1-2H3,(H,88,92)/b23-21-. The molecule has 2 saturated heterocycles. The maximum atomic E-state index is 13.4. The Morgan fingerprint density at radius 2 is 0.624 bits per heavy atom. The molecule has 0 radical (unpaired) electrons. The van der Waals surface area contributed by atoms with Crippen molar-refractivity contribution in [3.8, 4) is 0 Å². The summed E-state index contributed by atoms with van der Waals surface area (Å²) in [6.45, 7) is 2.95. The third kappa shape index (κ3) is 54.1. The van der Waals surface area contributed by atoms with Gasteiger partial charge in [-0.3, -0.25) is 4.79 Å². The molecule has 0 aromatic heterocycles. The molecule has 2 heterocycles. The van der Waals surface area contributed by atoms with Gasteiger partial charge in [0.05, 0.1) is 32.0 Å². The summed E-state index contributed by atoms with van der Waals surface area (Å²) in [6.07, 6.45) is 75.8. The number of ether oxygens (including phenoxy) is 4. The molecular formula is C87H169NO13. The maximum Gasteiger partial charge on any atom is 0.220 e. The lowest BCUT2D eigenvalue weighted by Crippen LogP contribution is -2.65. The first kappa shape index (κ1) is 95.8. The van der Waals surface area contributed by atoms with Crippen LogP contribution in [0.4, 0.5) is 0 Å². The van der Waals surface area contributed by atoms with Crippen LogP contribution in [0.5, 0.6) is 0 Å². The van der Waals surface area contributed by atoms with Crippen LogP contribution in [0.25, 0.3) is 0 Å². The Morgan fingerprint density at radius 3 is 0.941 bits per heavy atom. The van der Waals surface area contributed by atoms with E-state index in [-0.39, 0.29) is 12.5 Å². The van der Waals surface area contributed by atoms with E-state index in [1.807, 2.05) is 0 Å². The smallest absolute Gasteiger partial charge is 0.220 e. The minimum atomic E-state index is -1.78. The first-order valence-electron chi connectivity index (χ1n) is 44.4. The second-order valence-electron chi connectivity index (χ2n) is 31.7. The van der Waals surface area contributed by atoms with Crippen LogP contribution in [-0.4, -0.2) is 140 Å². The zero-order valence-electron chi connectivity index (χ0n) is 66.2. The number of amides is 1. The average Bonchev–Trinajstić information content (AvgIpc) is 0.790. The summed E-state index contributed by atoms with van der Waals surface area (Å²) >= 11 is 0. The zero-order chi connectivity index (χ0) is 73.0. The number of unbranched alkanes of at least 4 members (excludes halogenated alkanes) is 62. The molecule has 0 aromatic rings. The van der Waals surface area contributed by atoms with Crippen molar-refractivity contribution in [3.05, 3.63) is 12.2 Å². The normalized spacial score (nSPS) is 21.7. The number of hydrogen-bond donors (Lipinski definition) is 9. The molecule has 0 aliphatic carbocycles. The second kappa shape index (κ2) is 71.6. The third-order valence-corrected chi connectivity index (χ3v) is 22.2. The van der Waals surface area contributed by atoms with Crippen LogP contribution in [0.1, 0.15) is 444 Å². The van der Waals surface area contributed by atoms with Crippen LogP contribution in [0.15, 0.2) is 12.2 Å². The molecule has 14 nitrogen and oxygen atoms in total. The summed E-state index contributed by atoms with van der Waals surface area (Å²) in [7, 11) is 0. The van der Waals surface area contributed by atoms with E-state index in [9.17, 15) is 45.6 Å². The van der Waals surface area contributed by atoms with E-state index >= 15 is 0 Å². The highest BCUT2D eigenvalue weighted by Crippen LogP contribution is 2.31. The molecule has 0 spiro atoms. The van der Waals surface area contributed by atoms with Gasteiger partial charge in [0.25, 0.3) is 0 Å². The van der Waals surface area contributed by atoms with Gasteiger partial charge in [-0.05, 0) is 38.5 Å². The number of nitrogens with one attached hydrogen (secondary N) is 1. The van der Waals surface area contributed by atoms with Crippen LogP contribution >= 0.6 is 0 Å². The summed E-state index contributed by atoms with van der Waals surface area (Å²) in [5.41, 5.74) is 0. The van der Waals surface area contributed by atoms with Gasteiger partial charge in [-0.2, -0.15) is 0 Å². The second-order valence-corrected chi connectivity index (χ2v) is 31.7. The number of hydrogen-bond acceptors (Lipinski definition) is 13. The molecule has 2 fully saturated rings. The predicted molar refractivity (Wildman–Crippen MR) is 420 cm³/mol. The van der Waals surface area contributed by atoms with Crippen LogP contribution in [0.2, 0.25) is 0 Å². The van der Waals surface area contributed by atoms with Crippen molar-refractivity contribution in [2.45, 2.75) is 518 Å². The van der Waals surface area contributed by atoms with Crippen molar-refractivity contribution in [2.24, 2.45) is 0 Å². The number of carbonyl (C=O) groups excluding carboxylic acids is 1. The SMILES string of the molecule is CCCCCCCCCC/C=C\CCCCCCCCCCCCCCCCCCCCCCCCCCCCCC(=O)NC(COC1OC(CO)C(OC2OC(CO)C(O)C(O)C2O)C(O)C1O)C(O)CCCCCCCCCCCCCCCCCCCCCCCCCCCCCC. The lowest BCUT2D eigenvalue weighted by Gasteiger charge is -2.46. The van der Waals surface area contributed by atoms with Gasteiger partial charge in [0, 0.05) is 6.42 Å². The maximum absolute atomic E-state index is 13.4. The van der Waals surface area contributed by atoms with Crippen molar-refractivity contribution < 1.29 is 64.6 Å². The molecule has 12 unspecified atom stereocenters. The highest BCUT2D eigenvalue weighted by atomic mass is 16.7. The van der Waals surface area contributed by atoms with Crippen molar-refractivity contribution in [1.29, 1.82) is 0 Å². The monoisotopic (exact) mass is 1440 g/mol. The highest BCUT2D eigenvalue weighted by Gasteiger charge is 2.51. The number of allylic oxidation sites excluding steroid dienone is 2. The predicted octanol–water partition coefficient (Wildman–Crippen LogP) is 21.2. The van der Waals surface area contributed by atoms with E-state index in [0.29, 0.717) is 12.8 Å². The van der Waals surface area contributed by atoms with E-state index in [0.717, 1.165) is 51.4 Å². The fourth-order valence-corrected chi connectivity index (χ4v) is 15.2. The van der Waals surface area contributed by atoms with Crippen LogP contribution in [0, 0.1) is 0 Å². The molecule has 1 amide bonds. The van der Waals surface area contributed by atoms with Gasteiger partial charge >= 0.3 is 0 Å². The summed E-state index contributed by atoms with van der Waals surface area (Å²) in [4.78, 5) is 13.4. The Morgan fingerprint density at radius 1 is 0.347 bits per heavy atom. The summed E-state index contributed by atoms with van der Waals surface area (Å²) in [6, 6.07) is -0.827. The average molecular weight is 1440 g/mol. The number of carbonyl (C=O) groups is 1. The summed E-state index contributed by atoms with van der Waals surface area (Å²) in [5.74, 6) is -0.195. The van der Waals surface area contributed by atoms with Gasteiger partial charge in [-0.15, -0.1) is 0 Å².